The lowest BCUT2D eigenvalue weighted by atomic mass is 10.0. The maximum absolute atomic E-state index is 12.8. The van der Waals surface area contributed by atoms with E-state index >= 15 is 0 Å². The Morgan fingerprint density at radius 1 is 1.06 bits per heavy atom. The van der Waals surface area contributed by atoms with Crippen molar-refractivity contribution in [2.45, 2.75) is 26.8 Å². The molecule has 172 valence electrons. The van der Waals surface area contributed by atoms with E-state index < -0.39 is 17.9 Å². The predicted octanol–water partition coefficient (Wildman–Crippen LogP) is 5.45. The van der Waals surface area contributed by atoms with Crippen molar-refractivity contribution in [3.63, 3.8) is 0 Å². The van der Waals surface area contributed by atoms with Gasteiger partial charge in [-0.3, -0.25) is 9.59 Å². The SMILES string of the molecule is CCOc1ccc(C=NNC(=O)C(NC(=O)c2ccc(Cl)cc2Cl)C(C)C)c2ccccc12. The van der Waals surface area contributed by atoms with Crippen molar-refractivity contribution >= 4 is 52.0 Å². The third kappa shape index (κ3) is 6.03. The van der Waals surface area contributed by atoms with Gasteiger partial charge in [0.1, 0.15) is 11.8 Å². The number of hydrogen-bond acceptors (Lipinski definition) is 4. The lowest BCUT2D eigenvalue weighted by molar-refractivity contribution is -0.123. The van der Waals surface area contributed by atoms with E-state index in [4.69, 9.17) is 27.9 Å². The Hall–Kier alpha value is -3.09. The molecule has 3 aromatic rings. The lowest BCUT2D eigenvalue weighted by Crippen LogP contribution is -2.48. The largest absolute Gasteiger partial charge is 0.493 e. The lowest BCUT2D eigenvalue weighted by Gasteiger charge is -2.20. The van der Waals surface area contributed by atoms with Gasteiger partial charge < -0.3 is 10.1 Å². The smallest absolute Gasteiger partial charge is 0.262 e. The first-order valence-electron chi connectivity index (χ1n) is 10.5. The number of rotatable bonds is 8. The average Bonchev–Trinajstić information content (AvgIpc) is 2.78. The van der Waals surface area contributed by atoms with Gasteiger partial charge >= 0.3 is 0 Å². The maximum Gasteiger partial charge on any atom is 0.262 e. The molecule has 2 N–H and O–H groups in total. The number of amides is 2. The van der Waals surface area contributed by atoms with Gasteiger partial charge in [-0.25, -0.2) is 5.43 Å². The fraction of sp³-hybridized carbons (Fsp3) is 0.240. The summed E-state index contributed by atoms with van der Waals surface area (Å²) in [7, 11) is 0. The van der Waals surface area contributed by atoms with Gasteiger partial charge in [0.15, 0.2) is 0 Å². The van der Waals surface area contributed by atoms with Crippen LogP contribution in [0, 0.1) is 5.92 Å². The second-order valence-electron chi connectivity index (χ2n) is 7.69. The van der Waals surface area contributed by atoms with Crippen LogP contribution < -0.4 is 15.5 Å². The number of fused-ring (bicyclic) bond motifs is 1. The molecule has 0 fully saturated rings. The van der Waals surface area contributed by atoms with Crippen molar-refractivity contribution in [3.8, 4) is 5.75 Å². The van der Waals surface area contributed by atoms with E-state index in [1.165, 1.54) is 12.1 Å². The average molecular weight is 486 g/mol. The number of carbonyl (C=O) groups is 2. The Morgan fingerprint density at radius 2 is 1.79 bits per heavy atom. The number of benzene rings is 3. The van der Waals surface area contributed by atoms with Crippen molar-refractivity contribution in [2.24, 2.45) is 11.0 Å². The van der Waals surface area contributed by atoms with Crippen LogP contribution in [0.1, 0.15) is 36.7 Å². The summed E-state index contributed by atoms with van der Waals surface area (Å²) in [5.74, 6) is -0.291. The molecule has 1 atom stereocenters. The summed E-state index contributed by atoms with van der Waals surface area (Å²) in [5.41, 5.74) is 3.59. The Morgan fingerprint density at radius 3 is 2.45 bits per heavy atom. The molecule has 0 spiro atoms. The van der Waals surface area contributed by atoms with Gasteiger partial charge in [-0.2, -0.15) is 5.10 Å². The Balaban J connectivity index is 1.74. The van der Waals surface area contributed by atoms with E-state index in [-0.39, 0.29) is 16.5 Å². The van der Waals surface area contributed by atoms with Crippen molar-refractivity contribution in [2.75, 3.05) is 6.61 Å². The summed E-state index contributed by atoms with van der Waals surface area (Å²) in [6.45, 7) is 6.16. The second-order valence-corrected chi connectivity index (χ2v) is 8.53. The summed E-state index contributed by atoms with van der Waals surface area (Å²) in [4.78, 5) is 25.4. The number of nitrogens with one attached hydrogen (secondary N) is 2. The van der Waals surface area contributed by atoms with E-state index in [0.717, 1.165) is 22.1 Å². The van der Waals surface area contributed by atoms with Crippen molar-refractivity contribution < 1.29 is 14.3 Å². The number of ether oxygens (including phenoxy) is 1. The number of carbonyl (C=O) groups excluding carboxylic acids is 2. The quantitative estimate of drug-likeness (QED) is 0.328. The summed E-state index contributed by atoms with van der Waals surface area (Å²) in [5, 5.41) is 9.39. The molecule has 3 aromatic carbocycles. The molecule has 0 heterocycles. The van der Waals surface area contributed by atoms with Gasteiger partial charge in [0.25, 0.3) is 11.8 Å². The fourth-order valence-electron chi connectivity index (χ4n) is 3.35. The zero-order valence-corrected chi connectivity index (χ0v) is 20.1. The maximum atomic E-state index is 12.8. The zero-order chi connectivity index (χ0) is 24.0. The van der Waals surface area contributed by atoms with E-state index in [0.29, 0.717) is 11.6 Å². The molecular formula is C25H25Cl2N3O3. The van der Waals surface area contributed by atoms with Crippen LogP contribution in [-0.4, -0.2) is 30.7 Å². The zero-order valence-electron chi connectivity index (χ0n) is 18.6. The fourth-order valence-corrected chi connectivity index (χ4v) is 3.85. The Kier molecular flexibility index (Phi) is 8.31. The molecule has 1 unspecified atom stereocenters. The summed E-state index contributed by atoms with van der Waals surface area (Å²) in [6.07, 6.45) is 1.57. The Labute approximate surface area is 202 Å². The Bertz CT molecular complexity index is 1190. The molecule has 0 bridgehead atoms. The summed E-state index contributed by atoms with van der Waals surface area (Å²) < 4.78 is 5.69. The second kappa shape index (κ2) is 11.2. The molecule has 8 heteroatoms. The van der Waals surface area contributed by atoms with E-state index in [2.05, 4.69) is 15.8 Å². The number of halogens is 2. The highest BCUT2D eigenvalue weighted by Crippen LogP contribution is 2.28. The molecule has 0 aliphatic heterocycles. The monoisotopic (exact) mass is 485 g/mol. The minimum atomic E-state index is -0.807. The molecular weight excluding hydrogens is 461 g/mol. The van der Waals surface area contributed by atoms with Gasteiger partial charge in [0.05, 0.1) is 23.4 Å². The van der Waals surface area contributed by atoms with Crippen LogP contribution in [0.2, 0.25) is 10.0 Å². The van der Waals surface area contributed by atoms with Crippen LogP contribution in [0.25, 0.3) is 10.8 Å². The topological polar surface area (TPSA) is 79.8 Å². The van der Waals surface area contributed by atoms with Gasteiger partial charge in [-0.1, -0.05) is 61.3 Å². The van der Waals surface area contributed by atoms with Crippen molar-refractivity contribution in [3.05, 3.63) is 75.8 Å². The van der Waals surface area contributed by atoms with Crippen LogP contribution in [0.3, 0.4) is 0 Å². The highest BCUT2D eigenvalue weighted by Gasteiger charge is 2.25. The van der Waals surface area contributed by atoms with Gasteiger partial charge in [-0.15, -0.1) is 0 Å². The number of nitrogens with zero attached hydrogens (tertiary/aromatic N) is 1. The summed E-state index contributed by atoms with van der Waals surface area (Å²) >= 11 is 12.0. The predicted molar refractivity (Wildman–Crippen MR) is 133 cm³/mol. The molecule has 33 heavy (non-hydrogen) atoms. The standard InChI is InChI=1S/C25H25Cl2N3O3/c1-4-33-22-12-9-16(18-7-5-6-8-19(18)22)14-28-30-25(32)23(15(2)3)29-24(31)20-11-10-17(26)13-21(20)27/h5-15,23H,4H2,1-3H3,(H,29,31)(H,30,32). The first-order valence-corrected chi connectivity index (χ1v) is 11.3. The molecule has 6 nitrogen and oxygen atoms in total. The highest BCUT2D eigenvalue weighted by atomic mass is 35.5. The summed E-state index contributed by atoms with van der Waals surface area (Å²) in [6, 6.07) is 15.3. The van der Waals surface area contributed by atoms with Crippen LogP contribution in [0.15, 0.2) is 59.7 Å². The first kappa shape index (κ1) is 24.6. The minimum Gasteiger partial charge on any atom is -0.493 e. The number of hydrogen-bond donors (Lipinski definition) is 2. The molecule has 0 aliphatic carbocycles. The van der Waals surface area contributed by atoms with Gasteiger partial charge in [-0.05, 0) is 48.6 Å². The van der Waals surface area contributed by atoms with Crippen LogP contribution in [-0.2, 0) is 4.79 Å². The molecule has 0 aliphatic rings. The highest BCUT2D eigenvalue weighted by molar-refractivity contribution is 6.36. The third-order valence-electron chi connectivity index (χ3n) is 5.01. The van der Waals surface area contributed by atoms with Crippen molar-refractivity contribution in [1.29, 1.82) is 0 Å². The van der Waals surface area contributed by atoms with E-state index in [1.54, 1.807) is 12.3 Å². The van der Waals surface area contributed by atoms with Gasteiger partial charge in [0.2, 0.25) is 0 Å². The molecule has 3 rings (SSSR count). The molecule has 0 radical (unpaired) electrons. The van der Waals surface area contributed by atoms with Crippen LogP contribution >= 0.6 is 23.2 Å². The van der Waals surface area contributed by atoms with Crippen LogP contribution in [0.5, 0.6) is 5.75 Å². The minimum absolute atomic E-state index is 0.179. The van der Waals surface area contributed by atoms with Gasteiger partial charge in [0, 0.05) is 16.0 Å². The normalized spacial score (nSPS) is 12.2. The number of hydrazone groups is 1. The molecule has 0 aromatic heterocycles. The molecule has 2 amide bonds. The molecule has 0 saturated heterocycles. The first-order chi connectivity index (χ1) is 15.8. The van der Waals surface area contributed by atoms with E-state index in [1.807, 2.05) is 57.2 Å². The van der Waals surface area contributed by atoms with Crippen LogP contribution in [0.4, 0.5) is 0 Å². The van der Waals surface area contributed by atoms with Crippen molar-refractivity contribution in [1.82, 2.24) is 10.7 Å². The van der Waals surface area contributed by atoms with E-state index in [9.17, 15) is 9.59 Å². The molecule has 0 saturated carbocycles. The third-order valence-corrected chi connectivity index (χ3v) is 5.56.